The first kappa shape index (κ1) is 23.1. The van der Waals surface area contributed by atoms with Gasteiger partial charge in [-0.05, 0) is 57.0 Å². The molecule has 1 aromatic carbocycles. The molecule has 160 valence electrons. The van der Waals surface area contributed by atoms with Gasteiger partial charge < -0.3 is 14.5 Å². The highest BCUT2D eigenvalue weighted by Crippen LogP contribution is 2.19. The summed E-state index contributed by atoms with van der Waals surface area (Å²) in [4.78, 5) is 51.0. The number of aromatic amines is 1. The number of benzene rings is 1. The number of esters is 1. The second kappa shape index (κ2) is 10.5. The van der Waals surface area contributed by atoms with Gasteiger partial charge in [0.25, 0.3) is 0 Å². The fraction of sp³-hybridized carbons (Fsp3) is 0.391. The Hall–Kier alpha value is -3.22. The zero-order chi connectivity index (χ0) is 22.3. The maximum absolute atomic E-state index is 12.3. The van der Waals surface area contributed by atoms with Crippen LogP contribution in [0.5, 0.6) is 5.75 Å². The van der Waals surface area contributed by atoms with Gasteiger partial charge in [-0.2, -0.15) is 0 Å². The molecule has 0 unspecified atom stereocenters. The highest BCUT2D eigenvalue weighted by atomic mass is 16.5. The molecule has 0 spiro atoms. The lowest BCUT2D eigenvalue weighted by atomic mass is 10.1. The van der Waals surface area contributed by atoms with Crippen LogP contribution in [0.1, 0.15) is 75.6 Å². The van der Waals surface area contributed by atoms with E-state index in [0.717, 1.165) is 6.42 Å². The topological polar surface area (TPSA) is 103 Å². The summed E-state index contributed by atoms with van der Waals surface area (Å²) < 4.78 is 10.5. The van der Waals surface area contributed by atoms with Crippen molar-refractivity contribution >= 4 is 23.3 Å². The lowest BCUT2D eigenvalue weighted by molar-refractivity contribution is -0.142. The molecule has 0 radical (unpaired) electrons. The van der Waals surface area contributed by atoms with Gasteiger partial charge in [-0.15, -0.1) is 0 Å². The Morgan fingerprint density at radius 3 is 2.20 bits per heavy atom. The first-order valence-electron chi connectivity index (χ1n) is 9.89. The van der Waals surface area contributed by atoms with E-state index in [-0.39, 0.29) is 30.1 Å². The number of aryl methyl sites for hydroxylation is 1. The Bertz CT molecular complexity index is 939. The van der Waals surface area contributed by atoms with E-state index in [1.807, 2.05) is 6.92 Å². The van der Waals surface area contributed by atoms with Crippen molar-refractivity contribution in [2.24, 2.45) is 0 Å². The van der Waals surface area contributed by atoms with E-state index in [0.29, 0.717) is 34.7 Å². The molecule has 0 amide bonds. The quantitative estimate of drug-likeness (QED) is 0.441. The van der Waals surface area contributed by atoms with Crippen LogP contribution in [0.2, 0.25) is 0 Å². The highest BCUT2D eigenvalue weighted by molar-refractivity contribution is 6.04. The molecule has 1 N–H and O–H groups in total. The lowest BCUT2D eigenvalue weighted by Gasteiger charge is -2.06. The number of H-pyrrole nitrogens is 1. The summed E-state index contributed by atoms with van der Waals surface area (Å²) in [6.45, 7) is 6.98. The first-order valence-corrected chi connectivity index (χ1v) is 9.89. The minimum absolute atomic E-state index is 0.0166. The molecule has 7 nitrogen and oxygen atoms in total. The molecule has 0 aliphatic carbocycles. The van der Waals surface area contributed by atoms with Gasteiger partial charge in [-0.3, -0.25) is 19.2 Å². The van der Waals surface area contributed by atoms with Crippen molar-refractivity contribution in [3.63, 3.8) is 0 Å². The first-order chi connectivity index (χ1) is 14.2. The normalized spacial score (nSPS) is 10.5. The number of ketones is 3. The van der Waals surface area contributed by atoms with Crippen LogP contribution >= 0.6 is 0 Å². The van der Waals surface area contributed by atoms with Gasteiger partial charge in [-0.25, -0.2) is 0 Å². The van der Waals surface area contributed by atoms with Crippen molar-refractivity contribution in [1.29, 1.82) is 0 Å². The molecule has 0 atom stereocenters. The zero-order valence-corrected chi connectivity index (χ0v) is 17.8. The second-order valence-corrected chi connectivity index (χ2v) is 7.06. The number of ether oxygens (including phenoxy) is 2. The molecule has 0 fully saturated rings. The van der Waals surface area contributed by atoms with E-state index in [1.165, 1.54) is 6.92 Å². The number of carbonyl (C=O) groups is 4. The maximum Gasteiger partial charge on any atom is 0.306 e. The van der Waals surface area contributed by atoms with Crippen LogP contribution < -0.4 is 4.74 Å². The van der Waals surface area contributed by atoms with Crippen LogP contribution in [-0.4, -0.2) is 41.5 Å². The molecule has 0 aliphatic heterocycles. The Kier molecular flexibility index (Phi) is 8.09. The van der Waals surface area contributed by atoms with E-state index < -0.39 is 18.4 Å². The van der Waals surface area contributed by atoms with Gasteiger partial charge in [-0.1, -0.05) is 6.92 Å². The van der Waals surface area contributed by atoms with Gasteiger partial charge in [0.15, 0.2) is 18.2 Å². The standard InChI is InChI=1S/C23H27NO6/c1-5-12-29-18-8-6-17(7-9-18)19(26)10-11-21(28)30-13-20(27)23-14(2)22(16(4)25)15(3)24-23/h6-9,24H,5,10-13H2,1-4H3. The van der Waals surface area contributed by atoms with Gasteiger partial charge >= 0.3 is 5.97 Å². The van der Waals surface area contributed by atoms with Gasteiger partial charge in [0.2, 0.25) is 5.78 Å². The molecule has 1 heterocycles. The average Bonchev–Trinajstić information content (AvgIpc) is 3.03. The summed E-state index contributed by atoms with van der Waals surface area (Å²) in [7, 11) is 0. The predicted molar refractivity (Wildman–Crippen MR) is 111 cm³/mol. The van der Waals surface area contributed by atoms with Gasteiger partial charge in [0, 0.05) is 23.2 Å². The summed E-state index contributed by atoms with van der Waals surface area (Å²) in [6.07, 6.45) is 0.755. The number of carbonyl (C=O) groups excluding carboxylic acids is 4. The fourth-order valence-electron chi connectivity index (χ4n) is 3.16. The molecule has 0 saturated carbocycles. The fourth-order valence-corrected chi connectivity index (χ4v) is 3.16. The number of aromatic nitrogens is 1. The van der Waals surface area contributed by atoms with E-state index in [9.17, 15) is 19.2 Å². The number of hydrogen-bond donors (Lipinski definition) is 1. The number of Topliss-reactive ketones (excluding diaryl/α,β-unsaturated/α-hetero) is 3. The highest BCUT2D eigenvalue weighted by Gasteiger charge is 2.21. The van der Waals surface area contributed by atoms with Crippen LogP contribution in [0.15, 0.2) is 24.3 Å². The van der Waals surface area contributed by atoms with Crippen molar-refractivity contribution in [2.45, 2.75) is 47.0 Å². The van der Waals surface area contributed by atoms with Crippen LogP contribution in [0.4, 0.5) is 0 Å². The van der Waals surface area contributed by atoms with E-state index in [4.69, 9.17) is 9.47 Å². The molecule has 1 aromatic heterocycles. The Morgan fingerprint density at radius 1 is 0.967 bits per heavy atom. The maximum atomic E-state index is 12.3. The molecule has 0 aliphatic rings. The minimum atomic E-state index is -0.632. The van der Waals surface area contributed by atoms with Crippen molar-refractivity contribution in [2.75, 3.05) is 13.2 Å². The van der Waals surface area contributed by atoms with E-state index in [2.05, 4.69) is 4.98 Å². The molecule has 0 bridgehead atoms. The van der Waals surface area contributed by atoms with E-state index >= 15 is 0 Å². The lowest BCUT2D eigenvalue weighted by Crippen LogP contribution is -2.16. The van der Waals surface area contributed by atoms with Crippen LogP contribution in [0, 0.1) is 13.8 Å². The number of nitrogens with one attached hydrogen (secondary N) is 1. The molecule has 30 heavy (non-hydrogen) atoms. The third kappa shape index (κ3) is 5.89. The molecule has 7 heteroatoms. The molecule has 2 rings (SSSR count). The average molecular weight is 413 g/mol. The van der Waals surface area contributed by atoms with Crippen LogP contribution in [0.25, 0.3) is 0 Å². The van der Waals surface area contributed by atoms with Crippen LogP contribution in [-0.2, 0) is 9.53 Å². The van der Waals surface area contributed by atoms with Crippen molar-refractivity contribution in [1.82, 2.24) is 4.98 Å². The predicted octanol–water partition coefficient (Wildman–Crippen LogP) is 4.01. The van der Waals surface area contributed by atoms with Gasteiger partial charge in [0.05, 0.1) is 18.7 Å². The van der Waals surface area contributed by atoms with Gasteiger partial charge in [0.1, 0.15) is 5.75 Å². The number of hydrogen-bond acceptors (Lipinski definition) is 6. The molecular weight excluding hydrogens is 386 g/mol. The third-order valence-corrected chi connectivity index (χ3v) is 4.64. The second-order valence-electron chi connectivity index (χ2n) is 7.06. The molecule has 2 aromatic rings. The van der Waals surface area contributed by atoms with Crippen molar-refractivity contribution < 1.29 is 28.7 Å². The summed E-state index contributed by atoms with van der Waals surface area (Å²) in [5.74, 6) is -0.699. The molecule has 0 saturated heterocycles. The van der Waals surface area contributed by atoms with Crippen LogP contribution in [0.3, 0.4) is 0 Å². The van der Waals surface area contributed by atoms with Crippen molar-refractivity contribution in [3.05, 3.63) is 52.3 Å². The molecular formula is C23H27NO6. The Balaban J connectivity index is 1.83. The third-order valence-electron chi connectivity index (χ3n) is 4.64. The Morgan fingerprint density at radius 2 is 1.63 bits per heavy atom. The SMILES string of the molecule is CCCOc1ccc(C(=O)CCC(=O)OCC(=O)c2[nH]c(C)c(C(C)=O)c2C)cc1. The minimum Gasteiger partial charge on any atom is -0.494 e. The monoisotopic (exact) mass is 413 g/mol. The summed E-state index contributed by atoms with van der Waals surface area (Å²) in [6, 6.07) is 6.75. The Labute approximate surface area is 175 Å². The largest absolute Gasteiger partial charge is 0.494 e. The zero-order valence-electron chi connectivity index (χ0n) is 17.8. The summed E-state index contributed by atoms with van der Waals surface area (Å²) in [5.41, 5.74) is 2.36. The number of rotatable bonds is 11. The van der Waals surface area contributed by atoms with E-state index in [1.54, 1.807) is 38.1 Å². The summed E-state index contributed by atoms with van der Waals surface area (Å²) >= 11 is 0. The smallest absolute Gasteiger partial charge is 0.306 e. The summed E-state index contributed by atoms with van der Waals surface area (Å²) in [5, 5.41) is 0. The van der Waals surface area contributed by atoms with Crippen molar-refractivity contribution in [3.8, 4) is 5.75 Å².